The van der Waals surface area contributed by atoms with Crippen molar-refractivity contribution in [1.82, 2.24) is 9.97 Å². The lowest BCUT2D eigenvalue weighted by Gasteiger charge is -2.01. The van der Waals surface area contributed by atoms with Gasteiger partial charge in [-0.3, -0.25) is 9.78 Å². The highest BCUT2D eigenvalue weighted by molar-refractivity contribution is 5.53. The van der Waals surface area contributed by atoms with Crippen LogP contribution in [0.15, 0.2) is 35.3 Å². The third kappa shape index (κ3) is 1.96. The molecule has 2 heterocycles. The Balaban J connectivity index is 2.50. The number of hydrogen-bond acceptors (Lipinski definition) is 2. The maximum atomic E-state index is 11.4. The van der Waals surface area contributed by atoms with Crippen molar-refractivity contribution >= 4 is 0 Å². The van der Waals surface area contributed by atoms with Crippen LogP contribution in [-0.4, -0.2) is 9.97 Å². The highest BCUT2D eigenvalue weighted by atomic mass is 16.1. The molecular formula is C12H12N2O. The number of aromatic nitrogens is 2. The maximum absolute atomic E-state index is 11.4. The van der Waals surface area contributed by atoms with Gasteiger partial charge in [0.1, 0.15) is 0 Å². The smallest absolute Gasteiger partial charge is 0.251 e. The third-order valence-corrected chi connectivity index (χ3v) is 2.29. The van der Waals surface area contributed by atoms with Gasteiger partial charge in [-0.25, -0.2) is 0 Å². The number of aromatic amines is 1. The maximum Gasteiger partial charge on any atom is 0.251 e. The Morgan fingerprint density at radius 3 is 2.53 bits per heavy atom. The summed E-state index contributed by atoms with van der Waals surface area (Å²) in [5.41, 5.74) is 3.30. The van der Waals surface area contributed by atoms with E-state index in [0.717, 1.165) is 17.0 Å². The Bertz CT molecular complexity index is 526. The van der Waals surface area contributed by atoms with E-state index < -0.39 is 0 Å². The number of nitrogens with zero attached hydrogens (tertiary/aromatic N) is 1. The SMILES string of the molecule is Cc1ccc(-c2ccc(C)c(=O)[nH]2)nc1. The largest absolute Gasteiger partial charge is 0.320 e. The molecule has 0 bridgehead atoms. The van der Waals surface area contributed by atoms with Crippen LogP contribution in [-0.2, 0) is 0 Å². The monoisotopic (exact) mass is 200 g/mol. The molecule has 0 spiro atoms. The summed E-state index contributed by atoms with van der Waals surface area (Å²) in [5.74, 6) is 0. The fourth-order valence-electron chi connectivity index (χ4n) is 1.32. The van der Waals surface area contributed by atoms with E-state index in [4.69, 9.17) is 0 Å². The zero-order valence-corrected chi connectivity index (χ0v) is 8.74. The molecule has 3 nitrogen and oxygen atoms in total. The van der Waals surface area contributed by atoms with Gasteiger partial charge in [0.25, 0.3) is 5.56 Å². The van der Waals surface area contributed by atoms with E-state index >= 15 is 0 Å². The third-order valence-electron chi connectivity index (χ3n) is 2.29. The zero-order chi connectivity index (χ0) is 10.8. The number of hydrogen-bond donors (Lipinski definition) is 1. The van der Waals surface area contributed by atoms with Crippen molar-refractivity contribution in [2.24, 2.45) is 0 Å². The summed E-state index contributed by atoms with van der Waals surface area (Å²) in [6.45, 7) is 3.76. The van der Waals surface area contributed by atoms with Gasteiger partial charge >= 0.3 is 0 Å². The standard InChI is InChI=1S/C12H12N2O/c1-8-3-5-10(13-7-8)11-6-4-9(2)12(15)14-11/h3-7H,1-2H3,(H,14,15). The second-order valence-corrected chi connectivity index (χ2v) is 3.60. The molecule has 2 aromatic heterocycles. The topological polar surface area (TPSA) is 45.8 Å². The molecule has 0 aliphatic heterocycles. The normalized spacial score (nSPS) is 10.3. The van der Waals surface area contributed by atoms with Crippen LogP contribution in [0.2, 0.25) is 0 Å². The van der Waals surface area contributed by atoms with Crippen molar-refractivity contribution in [1.29, 1.82) is 0 Å². The van der Waals surface area contributed by atoms with Crippen molar-refractivity contribution in [3.05, 3.63) is 51.9 Å². The molecule has 2 aromatic rings. The lowest BCUT2D eigenvalue weighted by atomic mass is 10.2. The average molecular weight is 200 g/mol. The van der Waals surface area contributed by atoms with E-state index in [0.29, 0.717) is 5.56 Å². The zero-order valence-electron chi connectivity index (χ0n) is 8.74. The van der Waals surface area contributed by atoms with Crippen LogP contribution in [0.25, 0.3) is 11.4 Å². The Kier molecular flexibility index (Phi) is 2.37. The van der Waals surface area contributed by atoms with Gasteiger partial charge in [-0.15, -0.1) is 0 Å². The molecule has 2 rings (SSSR count). The number of nitrogens with one attached hydrogen (secondary N) is 1. The summed E-state index contributed by atoms with van der Waals surface area (Å²) in [5, 5.41) is 0. The minimum Gasteiger partial charge on any atom is -0.320 e. The van der Waals surface area contributed by atoms with Crippen LogP contribution in [0.3, 0.4) is 0 Å². The predicted molar refractivity (Wildman–Crippen MR) is 59.8 cm³/mol. The second-order valence-electron chi connectivity index (χ2n) is 3.60. The first kappa shape index (κ1) is 9.65. The number of aryl methyl sites for hydroxylation is 2. The van der Waals surface area contributed by atoms with E-state index in [1.165, 1.54) is 0 Å². The number of H-pyrrole nitrogens is 1. The summed E-state index contributed by atoms with van der Waals surface area (Å²) in [7, 11) is 0. The van der Waals surface area contributed by atoms with Crippen molar-refractivity contribution in [3.8, 4) is 11.4 Å². The van der Waals surface area contributed by atoms with E-state index in [2.05, 4.69) is 9.97 Å². The predicted octanol–water partition coefficient (Wildman–Crippen LogP) is 2.05. The van der Waals surface area contributed by atoms with Crippen molar-refractivity contribution in [3.63, 3.8) is 0 Å². The molecule has 0 fully saturated rings. The Morgan fingerprint density at radius 2 is 1.93 bits per heavy atom. The highest BCUT2D eigenvalue weighted by Gasteiger charge is 2.00. The molecule has 0 aromatic carbocycles. The van der Waals surface area contributed by atoms with E-state index in [9.17, 15) is 4.79 Å². The van der Waals surface area contributed by atoms with Gasteiger partial charge in [-0.05, 0) is 31.5 Å². The van der Waals surface area contributed by atoms with Crippen molar-refractivity contribution in [2.75, 3.05) is 0 Å². The first-order chi connectivity index (χ1) is 7.16. The first-order valence-electron chi connectivity index (χ1n) is 4.80. The Morgan fingerprint density at radius 1 is 1.13 bits per heavy atom. The van der Waals surface area contributed by atoms with Crippen LogP contribution < -0.4 is 5.56 Å². The minimum absolute atomic E-state index is 0.0603. The highest BCUT2D eigenvalue weighted by Crippen LogP contribution is 2.12. The molecule has 1 N–H and O–H groups in total. The van der Waals surface area contributed by atoms with E-state index in [1.54, 1.807) is 19.2 Å². The molecule has 0 saturated heterocycles. The fraction of sp³-hybridized carbons (Fsp3) is 0.167. The molecule has 0 saturated carbocycles. The summed E-state index contributed by atoms with van der Waals surface area (Å²) < 4.78 is 0. The van der Waals surface area contributed by atoms with Gasteiger partial charge in [0.15, 0.2) is 0 Å². The van der Waals surface area contributed by atoms with Gasteiger partial charge in [-0.1, -0.05) is 12.1 Å². The average Bonchev–Trinajstić information content (AvgIpc) is 2.23. The quantitative estimate of drug-likeness (QED) is 0.765. The molecule has 76 valence electrons. The molecule has 0 aliphatic carbocycles. The molecule has 15 heavy (non-hydrogen) atoms. The lowest BCUT2D eigenvalue weighted by molar-refractivity contribution is 1.15. The molecule has 0 aliphatic rings. The van der Waals surface area contributed by atoms with Crippen LogP contribution in [0.5, 0.6) is 0 Å². The van der Waals surface area contributed by atoms with Crippen LogP contribution >= 0.6 is 0 Å². The Hall–Kier alpha value is -1.90. The second kappa shape index (κ2) is 3.69. The van der Waals surface area contributed by atoms with Crippen LogP contribution in [0.1, 0.15) is 11.1 Å². The molecular weight excluding hydrogens is 188 g/mol. The van der Waals surface area contributed by atoms with Gasteiger partial charge < -0.3 is 4.98 Å². The van der Waals surface area contributed by atoms with Gasteiger partial charge in [0.2, 0.25) is 0 Å². The molecule has 3 heteroatoms. The van der Waals surface area contributed by atoms with Crippen LogP contribution in [0, 0.1) is 13.8 Å². The summed E-state index contributed by atoms with van der Waals surface area (Å²) in [6.07, 6.45) is 1.79. The van der Waals surface area contributed by atoms with E-state index in [1.807, 2.05) is 25.1 Å². The molecule has 0 amide bonds. The fourth-order valence-corrected chi connectivity index (χ4v) is 1.32. The number of pyridine rings is 2. The Labute approximate surface area is 87.8 Å². The minimum atomic E-state index is -0.0603. The van der Waals surface area contributed by atoms with Crippen molar-refractivity contribution in [2.45, 2.75) is 13.8 Å². The molecule has 0 atom stereocenters. The van der Waals surface area contributed by atoms with Crippen LogP contribution in [0.4, 0.5) is 0 Å². The number of rotatable bonds is 1. The summed E-state index contributed by atoms with van der Waals surface area (Å²) in [4.78, 5) is 18.4. The first-order valence-corrected chi connectivity index (χ1v) is 4.80. The molecule has 0 radical (unpaired) electrons. The summed E-state index contributed by atoms with van der Waals surface area (Å²) in [6, 6.07) is 7.54. The van der Waals surface area contributed by atoms with Gasteiger partial charge in [-0.2, -0.15) is 0 Å². The lowest BCUT2D eigenvalue weighted by Crippen LogP contribution is -2.09. The van der Waals surface area contributed by atoms with Crippen molar-refractivity contribution < 1.29 is 0 Å². The van der Waals surface area contributed by atoms with E-state index in [-0.39, 0.29) is 5.56 Å². The summed E-state index contributed by atoms with van der Waals surface area (Å²) >= 11 is 0. The molecule has 0 unspecified atom stereocenters. The van der Waals surface area contributed by atoms with Gasteiger partial charge in [0, 0.05) is 11.8 Å². The van der Waals surface area contributed by atoms with Gasteiger partial charge in [0.05, 0.1) is 11.4 Å².